The van der Waals surface area contributed by atoms with E-state index in [1.54, 1.807) is 12.1 Å². The highest BCUT2D eigenvalue weighted by molar-refractivity contribution is 7.85. The summed E-state index contributed by atoms with van der Waals surface area (Å²) in [6.45, 7) is 6.53. The van der Waals surface area contributed by atoms with E-state index < -0.39 is 16.1 Å². The molecule has 0 aliphatic heterocycles. The Bertz CT molecular complexity index is 823. The van der Waals surface area contributed by atoms with Crippen LogP contribution in [0.5, 0.6) is 5.75 Å². The third-order valence-corrected chi connectivity index (χ3v) is 5.37. The highest BCUT2D eigenvalue weighted by Crippen LogP contribution is 2.27. The third kappa shape index (κ3) is 4.90. The molecule has 0 aliphatic rings. The van der Waals surface area contributed by atoms with E-state index in [-0.39, 0.29) is 10.5 Å². The second kappa shape index (κ2) is 7.80. The first-order chi connectivity index (χ1) is 11.7. The Balaban J connectivity index is 2.08. The lowest BCUT2D eigenvalue weighted by Gasteiger charge is -2.18. The van der Waals surface area contributed by atoms with Crippen LogP contribution in [0.1, 0.15) is 49.0 Å². The zero-order chi connectivity index (χ0) is 18.6. The Kier molecular flexibility index (Phi) is 5.98. The molecular weight excluding hydrogens is 340 g/mol. The van der Waals surface area contributed by atoms with Crippen LogP contribution < -0.4 is 4.74 Å². The van der Waals surface area contributed by atoms with Gasteiger partial charge in [-0.2, -0.15) is 8.42 Å². The third-order valence-electron chi connectivity index (χ3n) is 4.50. The molecule has 0 aromatic heterocycles. The van der Waals surface area contributed by atoms with E-state index in [0.717, 1.165) is 18.6 Å². The standard InChI is InChI=1S/C19H22O5S/c1-4-13(2)14(3)15-5-9-17(10-6-15)24-19(20)16-7-11-18(12-8-16)25(21,22)23/h5-14H,4H2,1-3H3,(H,21,22,23). The molecule has 0 spiro atoms. The van der Waals surface area contributed by atoms with E-state index in [9.17, 15) is 13.2 Å². The van der Waals surface area contributed by atoms with Crippen molar-refractivity contribution in [2.75, 3.05) is 0 Å². The van der Waals surface area contributed by atoms with Crippen LogP contribution in [0.25, 0.3) is 0 Å². The summed E-state index contributed by atoms with van der Waals surface area (Å²) in [5.74, 6) is 0.811. The van der Waals surface area contributed by atoms with Crippen LogP contribution in [0.3, 0.4) is 0 Å². The van der Waals surface area contributed by atoms with Gasteiger partial charge in [0.2, 0.25) is 0 Å². The fourth-order valence-corrected chi connectivity index (χ4v) is 2.93. The summed E-state index contributed by atoms with van der Waals surface area (Å²) in [4.78, 5) is 11.8. The lowest BCUT2D eigenvalue weighted by atomic mass is 9.87. The van der Waals surface area contributed by atoms with Crippen LogP contribution >= 0.6 is 0 Å². The maximum Gasteiger partial charge on any atom is 0.343 e. The molecule has 2 rings (SSSR count). The van der Waals surface area contributed by atoms with Gasteiger partial charge in [0.25, 0.3) is 10.1 Å². The second-order valence-electron chi connectivity index (χ2n) is 6.13. The molecule has 0 bridgehead atoms. The molecule has 0 radical (unpaired) electrons. The van der Waals surface area contributed by atoms with Crippen LogP contribution in [0.4, 0.5) is 0 Å². The van der Waals surface area contributed by atoms with Crippen LogP contribution in [-0.4, -0.2) is 18.9 Å². The zero-order valence-corrected chi connectivity index (χ0v) is 15.3. The van der Waals surface area contributed by atoms with Crippen LogP contribution in [0.15, 0.2) is 53.4 Å². The van der Waals surface area contributed by atoms with E-state index in [2.05, 4.69) is 20.8 Å². The minimum atomic E-state index is -4.28. The van der Waals surface area contributed by atoms with E-state index in [1.807, 2.05) is 12.1 Å². The smallest absolute Gasteiger partial charge is 0.343 e. The lowest BCUT2D eigenvalue weighted by molar-refractivity contribution is 0.0734. The van der Waals surface area contributed by atoms with E-state index >= 15 is 0 Å². The monoisotopic (exact) mass is 362 g/mol. The van der Waals surface area contributed by atoms with E-state index in [1.165, 1.54) is 17.7 Å². The van der Waals surface area contributed by atoms with Gasteiger partial charge in [-0.3, -0.25) is 4.55 Å². The van der Waals surface area contributed by atoms with Gasteiger partial charge in [-0.15, -0.1) is 0 Å². The molecule has 0 fully saturated rings. The van der Waals surface area contributed by atoms with Gasteiger partial charge in [0.15, 0.2) is 0 Å². The molecule has 6 heteroatoms. The molecule has 5 nitrogen and oxygen atoms in total. The van der Waals surface area contributed by atoms with Gasteiger partial charge in [-0.25, -0.2) is 4.79 Å². The molecule has 25 heavy (non-hydrogen) atoms. The number of benzene rings is 2. The molecule has 2 aromatic rings. The average Bonchev–Trinajstić information content (AvgIpc) is 2.60. The van der Waals surface area contributed by atoms with Crippen molar-refractivity contribution < 1.29 is 22.5 Å². The van der Waals surface area contributed by atoms with Crippen molar-refractivity contribution in [3.05, 3.63) is 59.7 Å². The predicted molar refractivity (Wildman–Crippen MR) is 95.5 cm³/mol. The highest BCUT2D eigenvalue weighted by Gasteiger charge is 2.15. The number of ether oxygens (including phenoxy) is 1. The van der Waals surface area contributed by atoms with Gasteiger partial charge in [0, 0.05) is 0 Å². The van der Waals surface area contributed by atoms with Crippen molar-refractivity contribution in [3.8, 4) is 5.75 Å². The number of carbonyl (C=O) groups is 1. The van der Waals surface area contributed by atoms with Crippen LogP contribution in [0.2, 0.25) is 0 Å². The molecule has 2 atom stereocenters. The summed E-state index contributed by atoms with van der Waals surface area (Å²) in [6.07, 6.45) is 1.09. The average molecular weight is 362 g/mol. The Morgan fingerprint density at radius 1 is 1.04 bits per heavy atom. The van der Waals surface area contributed by atoms with Crippen molar-refractivity contribution >= 4 is 16.1 Å². The zero-order valence-electron chi connectivity index (χ0n) is 14.5. The minimum absolute atomic E-state index is 0.199. The van der Waals surface area contributed by atoms with Crippen molar-refractivity contribution in [2.24, 2.45) is 5.92 Å². The second-order valence-corrected chi connectivity index (χ2v) is 7.55. The summed E-state index contributed by atoms with van der Waals surface area (Å²) >= 11 is 0. The number of esters is 1. The largest absolute Gasteiger partial charge is 0.423 e. The summed E-state index contributed by atoms with van der Waals surface area (Å²) < 4.78 is 36.2. The Hall–Kier alpha value is -2.18. The maximum absolute atomic E-state index is 12.1. The van der Waals surface area contributed by atoms with Crippen LogP contribution in [-0.2, 0) is 10.1 Å². The van der Waals surface area contributed by atoms with Crippen molar-refractivity contribution in [1.82, 2.24) is 0 Å². The van der Waals surface area contributed by atoms with E-state index in [0.29, 0.717) is 17.6 Å². The van der Waals surface area contributed by atoms with Gasteiger partial charge in [0.1, 0.15) is 5.75 Å². The summed E-state index contributed by atoms with van der Waals surface area (Å²) in [7, 11) is -4.28. The molecular formula is C19H22O5S. The predicted octanol–water partition coefficient (Wildman–Crippen LogP) is 4.30. The maximum atomic E-state index is 12.1. The van der Waals surface area contributed by atoms with Gasteiger partial charge in [-0.1, -0.05) is 39.3 Å². The first-order valence-electron chi connectivity index (χ1n) is 8.12. The van der Waals surface area contributed by atoms with Gasteiger partial charge >= 0.3 is 5.97 Å². The highest BCUT2D eigenvalue weighted by atomic mass is 32.2. The normalized spacial score (nSPS) is 13.9. The van der Waals surface area contributed by atoms with Gasteiger partial charge in [0.05, 0.1) is 10.5 Å². The van der Waals surface area contributed by atoms with Gasteiger partial charge < -0.3 is 4.74 Å². The Morgan fingerprint density at radius 2 is 1.60 bits per heavy atom. The number of carbonyl (C=O) groups excluding carboxylic acids is 1. The summed E-state index contributed by atoms with van der Waals surface area (Å²) in [6, 6.07) is 12.3. The quantitative estimate of drug-likeness (QED) is 0.471. The molecule has 1 N–H and O–H groups in total. The molecule has 0 heterocycles. The number of rotatable bonds is 6. The minimum Gasteiger partial charge on any atom is -0.423 e. The molecule has 0 saturated carbocycles. The first kappa shape index (κ1) is 19.1. The summed E-state index contributed by atoms with van der Waals surface area (Å²) in [5.41, 5.74) is 1.39. The topological polar surface area (TPSA) is 80.7 Å². The molecule has 0 aliphatic carbocycles. The fourth-order valence-electron chi connectivity index (χ4n) is 2.45. The molecule has 0 amide bonds. The Morgan fingerprint density at radius 3 is 2.08 bits per heavy atom. The van der Waals surface area contributed by atoms with E-state index in [4.69, 9.17) is 9.29 Å². The van der Waals surface area contributed by atoms with Crippen molar-refractivity contribution in [3.63, 3.8) is 0 Å². The number of hydrogen-bond donors (Lipinski definition) is 1. The first-order valence-corrected chi connectivity index (χ1v) is 9.56. The van der Waals surface area contributed by atoms with Crippen molar-refractivity contribution in [1.29, 1.82) is 0 Å². The van der Waals surface area contributed by atoms with Crippen LogP contribution in [0, 0.1) is 5.92 Å². The number of hydrogen-bond acceptors (Lipinski definition) is 4. The van der Waals surface area contributed by atoms with Gasteiger partial charge in [-0.05, 0) is 53.8 Å². The molecule has 134 valence electrons. The molecule has 2 unspecified atom stereocenters. The fraction of sp³-hybridized carbons (Fsp3) is 0.316. The molecule has 0 saturated heterocycles. The molecule has 2 aromatic carbocycles. The summed E-state index contributed by atoms with van der Waals surface area (Å²) in [5, 5.41) is 0. The lowest BCUT2D eigenvalue weighted by Crippen LogP contribution is -2.09. The van der Waals surface area contributed by atoms with Crippen molar-refractivity contribution in [2.45, 2.75) is 38.0 Å². The Labute approximate surface area is 148 Å². The SMILES string of the molecule is CCC(C)C(C)c1ccc(OC(=O)c2ccc(S(=O)(=O)O)cc2)cc1.